The van der Waals surface area contributed by atoms with Gasteiger partial charge in [-0.15, -0.1) is 0 Å². The molecule has 0 aliphatic carbocycles. The molecule has 2 saturated heterocycles. The Bertz CT molecular complexity index is 1010. The molecule has 0 radical (unpaired) electrons. The number of para-hydroxylation sites is 1. The van der Waals surface area contributed by atoms with Crippen LogP contribution in [-0.4, -0.2) is 79.2 Å². The number of piperazine rings is 1. The van der Waals surface area contributed by atoms with E-state index in [2.05, 4.69) is 93.4 Å². The third-order valence-corrected chi connectivity index (χ3v) is 7.77. The number of hydrogen-bond donors (Lipinski definition) is 2. The second-order valence-electron chi connectivity index (χ2n) is 10.4. The molecule has 0 atom stereocenters. The topological polar surface area (TPSA) is 37.5 Å². The minimum absolute atomic E-state index is 0.658. The van der Waals surface area contributed by atoms with Crippen LogP contribution < -0.4 is 10.2 Å². The van der Waals surface area contributed by atoms with E-state index in [9.17, 15) is 0 Å². The van der Waals surface area contributed by atoms with Crippen molar-refractivity contribution < 1.29 is 0 Å². The van der Waals surface area contributed by atoms with Crippen LogP contribution in [0.5, 0.6) is 0 Å². The number of fused-ring (bicyclic) bond motifs is 1. The van der Waals surface area contributed by atoms with E-state index < -0.39 is 0 Å². The number of piperidine rings is 1. The summed E-state index contributed by atoms with van der Waals surface area (Å²) in [5.74, 6) is 0. The smallest absolute Gasteiger partial charge is 0.0465 e. The van der Waals surface area contributed by atoms with E-state index in [4.69, 9.17) is 0 Å². The first-order valence-electron chi connectivity index (χ1n) is 13.3. The fraction of sp³-hybridized carbons (Fsp3) is 0.517. The van der Waals surface area contributed by atoms with Crippen LogP contribution in [0.3, 0.4) is 0 Å². The maximum Gasteiger partial charge on any atom is 0.0465 e. The molecule has 3 aromatic rings. The van der Waals surface area contributed by atoms with E-state index in [0.29, 0.717) is 12.1 Å². The van der Waals surface area contributed by atoms with Gasteiger partial charge in [-0.2, -0.15) is 0 Å². The predicted octanol–water partition coefficient (Wildman–Crippen LogP) is 4.81. The van der Waals surface area contributed by atoms with Crippen LogP contribution >= 0.6 is 0 Å². The molecule has 34 heavy (non-hydrogen) atoms. The molecule has 0 bridgehead atoms. The molecule has 2 fully saturated rings. The van der Waals surface area contributed by atoms with Crippen LogP contribution in [0.15, 0.2) is 54.6 Å². The van der Waals surface area contributed by atoms with Gasteiger partial charge in [0.1, 0.15) is 0 Å². The van der Waals surface area contributed by atoms with Gasteiger partial charge in [0.05, 0.1) is 0 Å². The van der Waals surface area contributed by atoms with Gasteiger partial charge in [0.25, 0.3) is 0 Å². The molecule has 5 rings (SSSR count). The van der Waals surface area contributed by atoms with Crippen LogP contribution in [0.1, 0.15) is 33.1 Å². The van der Waals surface area contributed by atoms with Crippen molar-refractivity contribution in [2.24, 2.45) is 0 Å². The van der Waals surface area contributed by atoms with Crippen LogP contribution in [0, 0.1) is 0 Å². The number of H-pyrrole nitrogens is 1. The van der Waals surface area contributed by atoms with Gasteiger partial charge >= 0.3 is 0 Å². The second-order valence-corrected chi connectivity index (χ2v) is 10.4. The molecule has 182 valence electrons. The standard InChI is InChI=1S/C29H41N5/c1-23(2)33-19-17-32(18-20-33)14-6-13-30-26-11-15-34(16-12-26)27-9-5-8-24(21-27)29-22-25-7-3-4-10-28(25)31-29/h3-5,7-10,21-23,26,30-31H,6,11-20H2,1-2H3. The highest BCUT2D eigenvalue weighted by Crippen LogP contribution is 2.28. The summed E-state index contributed by atoms with van der Waals surface area (Å²) in [5.41, 5.74) is 5.01. The summed E-state index contributed by atoms with van der Waals surface area (Å²) in [6, 6.07) is 21.1. The fourth-order valence-electron chi connectivity index (χ4n) is 5.55. The van der Waals surface area contributed by atoms with Crippen LogP contribution in [0.2, 0.25) is 0 Å². The Morgan fingerprint density at radius 2 is 1.71 bits per heavy atom. The Balaban J connectivity index is 1.06. The molecule has 2 aliphatic rings. The minimum atomic E-state index is 0.658. The predicted molar refractivity (Wildman–Crippen MR) is 145 cm³/mol. The molecule has 0 spiro atoms. The van der Waals surface area contributed by atoms with Crippen molar-refractivity contribution in [2.75, 3.05) is 57.3 Å². The van der Waals surface area contributed by atoms with Gasteiger partial charge in [0.2, 0.25) is 0 Å². The maximum absolute atomic E-state index is 3.84. The van der Waals surface area contributed by atoms with Crippen molar-refractivity contribution in [2.45, 2.75) is 45.2 Å². The molecule has 0 saturated carbocycles. The summed E-state index contributed by atoms with van der Waals surface area (Å²) >= 11 is 0. The van der Waals surface area contributed by atoms with Gasteiger partial charge in [0.15, 0.2) is 0 Å². The van der Waals surface area contributed by atoms with E-state index in [1.807, 2.05) is 0 Å². The highest BCUT2D eigenvalue weighted by molar-refractivity contribution is 5.86. The lowest BCUT2D eigenvalue weighted by atomic mass is 10.0. The number of aromatic amines is 1. The van der Waals surface area contributed by atoms with Crippen molar-refractivity contribution in [3.8, 4) is 11.3 Å². The van der Waals surface area contributed by atoms with E-state index in [0.717, 1.165) is 19.6 Å². The number of hydrogen-bond acceptors (Lipinski definition) is 4. The van der Waals surface area contributed by atoms with Gasteiger partial charge in [-0.05, 0) is 76.0 Å². The minimum Gasteiger partial charge on any atom is -0.371 e. The summed E-state index contributed by atoms with van der Waals surface area (Å²) in [7, 11) is 0. The molecule has 5 heteroatoms. The van der Waals surface area contributed by atoms with E-state index in [1.165, 1.54) is 79.8 Å². The molecule has 0 amide bonds. The lowest BCUT2D eigenvalue weighted by Gasteiger charge is -2.37. The average molecular weight is 460 g/mol. The molecule has 2 aliphatic heterocycles. The monoisotopic (exact) mass is 459 g/mol. The van der Waals surface area contributed by atoms with Crippen molar-refractivity contribution in [1.29, 1.82) is 0 Å². The largest absolute Gasteiger partial charge is 0.371 e. The maximum atomic E-state index is 3.84. The molecule has 2 N–H and O–H groups in total. The first kappa shape index (κ1) is 23.4. The number of rotatable bonds is 8. The number of nitrogens with zero attached hydrogens (tertiary/aromatic N) is 3. The molecule has 2 aromatic carbocycles. The summed E-state index contributed by atoms with van der Waals surface area (Å²) in [4.78, 5) is 11.4. The zero-order valence-electron chi connectivity index (χ0n) is 21.0. The molecule has 0 unspecified atom stereocenters. The molecule has 5 nitrogen and oxygen atoms in total. The van der Waals surface area contributed by atoms with Gasteiger partial charge in [0, 0.05) is 73.6 Å². The van der Waals surface area contributed by atoms with Crippen molar-refractivity contribution >= 4 is 16.6 Å². The van der Waals surface area contributed by atoms with E-state index in [1.54, 1.807) is 0 Å². The Kier molecular flexibility index (Phi) is 7.53. The average Bonchev–Trinajstić information content (AvgIpc) is 3.32. The van der Waals surface area contributed by atoms with E-state index in [-0.39, 0.29) is 0 Å². The second kappa shape index (κ2) is 10.9. The highest BCUT2D eigenvalue weighted by atomic mass is 15.3. The van der Waals surface area contributed by atoms with Gasteiger partial charge in [-0.3, -0.25) is 4.90 Å². The third kappa shape index (κ3) is 5.65. The van der Waals surface area contributed by atoms with Gasteiger partial charge in [-0.25, -0.2) is 0 Å². The van der Waals surface area contributed by atoms with Crippen LogP contribution in [0.4, 0.5) is 5.69 Å². The zero-order chi connectivity index (χ0) is 23.3. The first-order chi connectivity index (χ1) is 16.7. The SMILES string of the molecule is CC(C)N1CCN(CCCNC2CCN(c3cccc(-c4cc5ccccc5[nH]4)c3)CC2)CC1. The molecular weight excluding hydrogens is 418 g/mol. The van der Waals surface area contributed by atoms with Gasteiger partial charge in [-0.1, -0.05) is 30.3 Å². The summed E-state index contributed by atoms with van der Waals surface area (Å²) in [6.45, 7) is 14.2. The number of anilines is 1. The normalized spacial score (nSPS) is 18.9. The third-order valence-electron chi connectivity index (χ3n) is 7.77. The fourth-order valence-corrected chi connectivity index (χ4v) is 5.55. The summed E-state index contributed by atoms with van der Waals surface area (Å²) in [6.07, 6.45) is 3.71. The zero-order valence-corrected chi connectivity index (χ0v) is 21.0. The quantitative estimate of drug-likeness (QED) is 0.474. The van der Waals surface area contributed by atoms with Gasteiger partial charge < -0.3 is 20.1 Å². The molecular formula is C29H41N5. The van der Waals surface area contributed by atoms with Crippen molar-refractivity contribution in [1.82, 2.24) is 20.1 Å². The van der Waals surface area contributed by atoms with Crippen molar-refractivity contribution in [3.05, 3.63) is 54.6 Å². The number of benzene rings is 2. The Hall–Kier alpha value is -2.34. The molecule has 1 aromatic heterocycles. The molecule has 3 heterocycles. The number of nitrogens with one attached hydrogen (secondary N) is 2. The lowest BCUT2D eigenvalue weighted by Crippen LogP contribution is -2.49. The Morgan fingerprint density at radius 3 is 2.47 bits per heavy atom. The highest BCUT2D eigenvalue weighted by Gasteiger charge is 2.20. The summed E-state index contributed by atoms with van der Waals surface area (Å²) in [5, 5.41) is 5.11. The van der Waals surface area contributed by atoms with E-state index >= 15 is 0 Å². The summed E-state index contributed by atoms with van der Waals surface area (Å²) < 4.78 is 0. The van der Waals surface area contributed by atoms with Crippen molar-refractivity contribution in [3.63, 3.8) is 0 Å². The first-order valence-corrected chi connectivity index (χ1v) is 13.3. The Morgan fingerprint density at radius 1 is 0.912 bits per heavy atom. The Labute approximate surface area is 205 Å². The van der Waals surface area contributed by atoms with Crippen LogP contribution in [0.25, 0.3) is 22.2 Å². The van der Waals surface area contributed by atoms with Crippen LogP contribution in [-0.2, 0) is 0 Å². The number of aromatic nitrogens is 1. The lowest BCUT2D eigenvalue weighted by molar-refractivity contribution is 0.107.